The van der Waals surface area contributed by atoms with Gasteiger partial charge in [-0.05, 0) is 17.7 Å². The van der Waals surface area contributed by atoms with E-state index in [9.17, 15) is 4.79 Å². The Kier molecular flexibility index (Phi) is 4.97. The van der Waals surface area contributed by atoms with Gasteiger partial charge in [0.1, 0.15) is 0 Å². The quantitative estimate of drug-likeness (QED) is 0.629. The van der Waals surface area contributed by atoms with Gasteiger partial charge >= 0.3 is 5.97 Å². The van der Waals surface area contributed by atoms with E-state index in [-0.39, 0.29) is 5.97 Å². The fourth-order valence-electron chi connectivity index (χ4n) is 1.38. The average molecular weight is 237 g/mol. The third-order valence-corrected chi connectivity index (χ3v) is 2.20. The molecular formula is C13H19NO3. The molecule has 0 fully saturated rings. The van der Waals surface area contributed by atoms with Gasteiger partial charge in [-0.1, -0.05) is 19.9 Å². The highest BCUT2D eigenvalue weighted by molar-refractivity contribution is 5.70. The molecule has 94 valence electrons. The lowest BCUT2D eigenvalue weighted by molar-refractivity contribution is -0.132. The van der Waals surface area contributed by atoms with Gasteiger partial charge in [0.2, 0.25) is 0 Å². The second-order valence-corrected chi connectivity index (χ2v) is 4.11. The van der Waals surface area contributed by atoms with Gasteiger partial charge in [0.05, 0.1) is 7.11 Å². The van der Waals surface area contributed by atoms with Crippen molar-refractivity contribution in [3.05, 3.63) is 23.8 Å². The first-order valence-electron chi connectivity index (χ1n) is 5.61. The minimum atomic E-state index is -0.351. The molecule has 0 aliphatic rings. The molecule has 1 aromatic carbocycles. The molecule has 0 saturated carbocycles. The van der Waals surface area contributed by atoms with Gasteiger partial charge < -0.3 is 14.8 Å². The topological polar surface area (TPSA) is 47.6 Å². The molecular weight excluding hydrogens is 218 g/mol. The standard InChI is InChI=1S/C13H19NO3/c1-9(2)14-8-11-5-6-12(17-10(3)15)13(7-11)16-4/h5-7,9,14H,8H2,1-4H3. The van der Waals surface area contributed by atoms with Crippen LogP contribution in [0, 0.1) is 0 Å². The molecule has 0 unspecified atom stereocenters. The number of ether oxygens (including phenoxy) is 2. The van der Waals surface area contributed by atoms with Crippen molar-refractivity contribution in [1.29, 1.82) is 0 Å². The van der Waals surface area contributed by atoms with Gasteiger partial charge in [-0.2, -0.15) is 0 Å². The second-order valence-electron chi connectivity index (χ2n) is 4.11. The summed E-state index contributed by atoms with van der Waals surface area (Å²) in [5.41, 5.74) is 1.09. The molecule has 0 aromatic heterocycles. The van der Waals surface area contributed by atoms with Crippen LogP contribution >= 0.6 is 0 Å². The van der Waals surface area contributed by atoms with E-state index in [0.717, 1.165) is 12.1 Å². The van der Waals surface area contributed by atoms with E-state index in [1.54, 1.807) is 13.2 Å². The van der Waals surface area contributed by atoms with Crippen molar-refractivity contribution in [2.75, 3.05) is 7.11 Å². The molecule has 0 bridgehead atoms. The van der Waals surface area contributed by atoms with Crippen LogP contribution in [-0.2, 0) is 11.3 Å². The lowest BCUT2D eigenvalue weighted by Crippen LogP contribution is -2.21. The number of rotatable bonds is 5. The summed E-state index contributed by atoms with van der Waals surface area (Å²) in [6, 6.07) is 5.95. The van der Waals surface area contributed by atoms with Crippen molar-refractivity contribution in [3.8, 4) is 11.5 Å². The first-order chi connectivity index (χ1) is 8.02. The van der Waals surface area contributed by atoms with Crippen LogP contribution < -0.4 is 14.8 Å². The van der Waals surface area contributed by atoms with Gasteiger partial charge in [0, 0.05) is 19.5 Å². The van der Waals surface area contributed by atoms with E-state index in [0.29, 0.717) is 17.5 Å². The van der Waals surface area contributed by atoms with Gasteiger partial charge in [-0.25, -0.2) is 0 Å². The molecule has 0 spiro atoms. The summed E-state index contributed by atoms with van der Waals surface area (Å²) in [5.74, 6) is 0.674. The number of carbonyl (C=O) groups excluding carboxylic acids is 1. The normalized spacial score (nSPS) is 10.4. The zero-order chi connectivity index (χ0) is 12.8. The van der Waals surface area contributed by atoms with Crippen molar-refractivity contribution in [3.63, 3.8) is 0 Å². The minimum absolute atomic E-state index is 0.351. The lowest BCUT2D eigenvalue weighted by atomic mass is 10.2. The average Bonchev–Trinajstić information content (AvgIpc) is 2.26. The molecule has 1 rings (SSSR count). The van der Waals surface area contributed by atoms with Gasteiger partial charge in [-0.15, -0.1) is 0 Å². The van der Waals surface area contributed by atoms with Crippen LogP contribution in [0.3, 0.4) is 0 Å². The SMILES string of the molecule is COc1cc(CNC(C)C)ccc1OC(C)=O. The molecule has 0 aliphatic carbocycles. The van der Waals surface area contributed by atoms with Gasteiger partial charge in [-0.3, -0.25) is 4.79 Å². The molecule has 0 aliphatic heterocycles. The summed E-state index contributed by atoms with van der Waals surface area (Å²) >= 11 is 0. The van der Waals surface area contributed by atoms with Crippen LogP contribution in [0.25, 0.3) is 0 Å². The molecule has 4 heteroatoms. The molecule has 0 atom stereocenters. The number of methoxy groups -OCH3 is 1. The molecule has 17 heavy (non-hydrogen) atoms. The maximum Gasteiger partial charge on any atom is 0.308 e. The molecule has 1 N–H and O–H groups in total. The predicted molar refractivity (Wildman–Crippen MR) is 66.3 cm³/mol. The van der Waals surface area contributed by atoms with Crippen molar-refractivity contribution < 1.29 is 14.3 Å². The monoisotopic (exact) mass is 237 g/mol. The van der Waals surface area contributed by atoms with Crippen LogP contribution in [-0.4, -0.2) is 19.1 Å². The van der Waals surface area contributed by atoms with Crippen molar-refractivity contribution >= 4 is 5.97 Å². The first kappa shape index (κ1) is 13.5. The summed E-state index contributed by atoms with van der Waals surface area (Å²) in [5, 5.41) is 3.31. The Morgan fingerprint density at radius 3 is 2.59 bits per heavy atom. The third kappa shape index (κ3) is 4.44. The second kappa shape index (κ2) is 6.25. The number of benzene rings is 1. The number of hydrogen-bond acceptors (Lipinski definition) is 4. The Morgan fingerprint density at radius 1 is 1.35 bits per heavy atom. The summed E-state index contributed by atoms with van der Waals surface area (Å²) in [7, 11) is 1.56. The Hall–Kier alpha value is -1.55. The molecule has 4 nitrogen and oxygen atoms in total. The van der Waals surface area contributed by atoms with E-state index >= 15 is 0 Å². The molecule has 0 amide bonds. The van der Waals surface area contributed by atoms with E-state index < -0.39 is 0 Å². The molecule has 0 saturated heterocycles. The third-order valence-electron chi connectivity index (χ3n) is 2.20. The van der Waals surface area contributed by atoms with Crippen LogP contribution in [0.2, 0.25) is 0 Å². The molecule has 0 heterocycles. The predicted octanol–water partition coefficient (Wildman–Crippen LogP) is 2.12. The number of hydrogen-bond donors (Lipinski definition) is 1. The highest BCUT2D eigenvalue weighted by Gasteiger charge is 2.08. The zero-order valence-electron chi connectivity index (χ0n) is 10.7. The summed E-state index contributed by atoms with van der Waals surface area (Å²) in [6.45, 7) is 6.30. The maximum atomic E-state index is 10.9. The first-order valence-corrected chi connectivity index (χ1v) is 5.61. The smallest absolute Gasteiger partial charge is 0.308 e. The van der Waals surface area contributed by atoms with E-state index in [4.69, 9.17) is 9.47 Å². The Balaban J connectivity index is 2.80. The number of nitrogens with one attached hydrogen (secondary N) is 1. The Bertz CT molecular complexity index is 388. The van der Waals surface area contributed by atoms with Crippen molar-refractivity contribution in [1.82, 2.24) is 5.32 Å². The van der Waals surface area contributed by atoms with Crippen LogP contribution in [0.15, 0.2) is 18.2 Å². The van der Waals surface area contributed by atoms with Gasteiger partial charge in [0.25, 0.3) is 0 Å². The largest absolute Gasteiger partial charge is 0.493 e. The van der Waals surface area contributed by atoms with Crippen molar-refractivity contribution in [2.45, 2.75) is 33.4 Å². The van der Waals surface area contributed by atoms with Crippen LogP contribution in [0.5, 0.6) is 11.5 Å². The minimum Gasteiger partial charge on any atom is -0.493 e. The van der Waals surface area contributed by atoms with Gasteiger partial charge in [0.15, 0.2) is 11.5 Å². The van der Waals surface area contributed by atoms with Crippen LogP contribution in [0.4, 0.5) is 0 Å². The summed E-state index contributed by atoms with van der Waals surface area (Å²) in [4.78, 5) is 10.9. The van der Waals surface area contributed by atoms with E-state index in [1.165, 1.54) is 6.92 Å². The highest BCUT2D eigenvalue weighted by atomic mass is 16.6. The summed E-state index contributed by atoms with van der Waals surface area (Å²) in [6.07, 6.45) is 0. The molecule has 0 radical (unpaired) electrons. The van der Waals surface area contributed by atoms with E-state index in [1.807, 2.05) is 12.1 Å². The lowest BCUT2D eigenvalue weighted by Gasteiger charge is -2.12. The maximum absolute atomic E-state index is 10.9. The Labute approximate surface area is 102 Å². The van der Waals surface area contributed by atoms with Crippen molar-refractivity contribution in [2.24, 2.45) is 0 Å². The Morgan fingerprint density at radius 2 is 2.06 bits per heavy atom. The zero-order valence-corrected chi connectivity index (χ0v) is 10.7. The van der Waals surface area contributed by atoms with Crippen LogP contribution in [0.1, 0.15) is 26.3 Å². The highest BCUT2D eigenvalue weighted by Crippen LogP contribution is 2.28. The fourth-order valence-corrected chi connectivity index (χ4v) is 1.38. The molecule has 1 aromatic rings. The fraction of sp³-hybridized carbons (Fsp3) is 0.462. The summed E-state index contributed by atoms with van der Waals surface area (Å²) < 4.78 is 10.2. The van der Waals surface area contributed by atoms with E-state index in [2.05, 4.69) is 19.2 Å². The number of esters is 1. The number of carbonyl (C=O) groups is 1.